The minimum atomic E-state index is -3.93. The van der Waals surface area contributed by atoms with Crippen LogP contribution in [0, 0.1) is 13.8 Å². The zero-order valence-electron chi connectivity index (χ0n) is 15.4. The second-order valence-electron chi connectivity index (χ2n) is 6.70. The Morgan fingerprint density at radius 3 is 2.54 bits per heavy atom. The van der Waals surface area contributed by atoms with Crippen molar-refractivity contribution in [2.75, 3.05) is 31.1 Å². The van der Waals surface area contributed by atoms with Gasteiger partial charge in [0.2, 0.25) is 0 Å². The van der Waals surface area contributed by atoms with Crippen molar-refractivity contribution < 1.29 is 8.42 Å². The topological polar surface area (TPSA) is 75.0 Å². The number of nitrogens with zero attached hydrogens (tertiary/aromatic N) is 4. The molecule has 3 aromatic rings. The Hall–Kier alpha value is -1.94. The van der Waals surface area contributed by atoms with Crippen molar-refractivity contribution in [3.63, 3.8) is 0 Å². The van der Waals surface area contributed by atoms with E-state index in [0.29, 0.717) is 41.9 Å². The van der Waals surface area contributed by atoms with Crippen LogP contribution in [0.5, 0.6) is 0 Å². The number of halogens is 1. The average molecular weight is 439 g/mol. The van der Waals surface area contributed by atoms with Crippen molar-refractivity contribution in [1.29, 1.82) is 0 Å². The molecule has 0 spiro atoms. The van der Waals surface area contributed by atoms with E-state index >= 15 is 0 Å². The van der Waals surface area contributed by atoms with Crippen LogP contribution in [-0.4, -0.2) is 48.3 Å². The van der Waals surface area contributed by atoms with Crippen LogP contribution in [0.3, 0.4) is 0 Å². The first-order chi connectivity index (χ1) is 13.3. The van der Waals surface area contributed by atoms with Crippen LogP contribution < -0.4 is 10.5 Å². The van der Waals surface area contributed by atoms with Gasteiger partial charge in [-0.25, -0.2) is 13.4 Å². The predicted molar refractivity (Wildman–Crippen MR) is 111 cm³/mol. The summed E-state index contributed by atoms with van der Waals surface area (Å²) in [5.41, 5.74) is 1.35. The average Bonchev–Trinajstić information content (AvgIpc) is 3.02. The number of rotatable bonds is 3. The highest BCUT2D eigenvalue weighted by Gasteiger charge is 2.33. The van der Waals surface area contributed by atoms with Crippen LogP contribution >= 0.6 is 22.9 Å². The van der Waals surface area contributed by atoms with Gasteiger partial charge in [-0.05, 0) is 32.0 Å². The summed E-state index contributed by atoms with van der Waals surface area (Å²) in [7, 11) is -3.93. The van der Waals surface area contributed by atoms with Crippen molar-refractivity contribution in [3.05, 3.63) is 56.4 Å². The third-order valence-electron chi connectivity index (χ3n) is 4.88. The minimum absolute atomic E-state index is 0.234. The van der Waals surface area contributed by atoms with Crippen LogP contribution in [0.2, 0.25) is 5.02 Å². The van der Waals surface area contributed by atoms with Crippen molar-refractivity contribution in [2.45, 2.75) is 18.7 Å². The second kappa shape index (κ2) is 7.14. The van der Waals surface area contributed by atoms with Crippen molar-refractivity contribution in [3.8, 4) is 0 Å². The number of fused-ring (bicyclic) bond motifs is 1. The molecule has 1 aliphatic rings. The molecule has 0 saturated carbocycles. The smallest absolute Gasteiger partial charge is 0.279 e. The van der Waals surface area contributed by atoms with Crippen LogP contribution in [0.1, 0.15) is 11.4 Å². The van der Waals surface area contributed by atoms with Gasteiger partial charge in [-0.2, -0.15) is 4.31 Å². The molecule has 1 fully saturated rings. The van der Waals surface area contributed by atoms with E-state index in [4.69, 9.17) is 11.6 Å². The molecule has 28 heavy (non-hydrogen) atoms. The molecular weight excluding hydrogens is 420 g/mol. The fraction of sp³-hybridized carbons (Fsp3) is 0.333. The summed E-state index contributed by atoms with van der Waals surface area (Å²) in [6.07, 6.45) is 0. The molecule has 0 atom stereocenters. The maximum atomic E-state index is 13.2. The number of piperazine rings is 1. The quantitative estimate of drug-likeness (QED) is 0.628. The third kappa shape index (κ3) is 3.22. The molecule has 1 aliphatic heterocycles. The molecule has 3 heterocycles. The first kappa shape index (κ1) is 19.4. The van der Waals surface area contributed by atoms with E-state index in [1.807, 2.05) is 18.2 Å². The van der Waals surface area contributed by atoms with Gasteiger partial charge in [-0.1, -0.05) is 17.7 Å². The van der Waals surface area contributed by atoms with E-state index in [0.717, 1.165) is 5.69 Å². The molecule has 7 nitrogen and oxygen atoms in total. The fourth-order valence-corrected chi connectivity index (χ4v) is 6.17. The normalized spacial score (nSPS) is 16.0. The summed E-state index contributed by atoms with van der Waals surface area (Å²) >= 11 is 7.38. The molecule has 10 heteroatoms. The molecule has 0 radical (unpaired) electrons. The number of hydrogen-bond donors (Lipinski definition) is 0. The maximum absolute atomic E-state index is 13.2. The lowest BCUT2D eigenvalue weighted by atomic mass is 10.2. The molecule has 4 rings (SSSR count). The SMILES string of the molecule is Cc1nc2scc(C)n2c(=O)c1S(=O)(=O)N1CCN(c2cccc(Cl)c2)CC1. The lowest BCUT2D eigenvalue weighted by Gasteiger charge is -2.35. The Morgan fingerprint density at radius 1 is 1.14 bits per heavy atom. The highest BCUT2D eigenvalue weighted by Crippen LogP contribution is 2.24. The Balaban J connectivity index is 1.64. The first-order valence-corrected chi connectivity index (χ1v) is 11.5. The molecule has 0 aliphatic carbocycles. The van der Waals surface area contributed by atoms with Gasteiger partial charge in [0.25, 0.3) is 15.6 Å². The number of aryl methyl sites for hydroxylation is 2. The molecule has 2 aromatic heterocycles. The molecule has 0 amide bonds. The van der Waals surface area contributed by atoms with Gasteiger partial charge >= 0.3 is 0 Å². The number of benzene rings is 1. The summed E-state index contributed by atoms with van der Waals surface area (Å²) in [5, 5.41) is 2.44. The molecular formula is C18H19ClN4O3S2. The van der Waals surface area contributed by atoms with Crippen LogP contribution in [0.4, 0.5) is 5.69 Å². The Labute approximate surface area is 171 Å². The number of sulfonamides is 1. The van der Waals surface area contributed by atoms with Crippen molar-refractivity contribution in [1.82, 2.24) is 13.7 Å². The lowest BCUT2D eigenvalue weighted by molar-refractivity contribution is 0.384. The van der Waals surface area contributed by atoms with E-state index in [1.54, 1.807) is 25.3 Å². The Bertz CT molecular complexity index is 1210. The third-order valence-corrected chi connectivity index (χ3v) is 8.09. The van der Waals surface area contributed by atoms with E-state index in [9.17, 15) is 13.2 Å². The predicted octanol–water partition coefficient (Wildman–Crippen LogP) is 2.54. The van der Waals surface area contributed by atoms with Gasteiger partial charge < -0.3 is 4.90 Å². The largest absolute Gasteiger partial charge is 0.369 e. The number of aromatic nitrogens is 2. The van der Waals surface area contributed by atoms with Gasteiger partial charge in [0.15, 0.2) is 9.86 Å². The lowest BCUT2D eigenvalue weighted by Crippen LogP contribution is -2.49. The second-order valence-corrected chi connectivity index (χ2v) is 9.85. The van der Waals surface area contributed by atoms with Crippen molar-refractivity contribution >= 4 is 43.6 Å². The zero-order valence-corrected chi connectivity index (χ0v) is 17.8. The molecule has 0 unspecified atom stereocenters. The van der Waals surface area contributed by atoms with Gasteiger partial charge in [0.05, 0.1) is 5.69 Å². The Morgan fingerprint density at radius 2 is 1.86 bits per heavy atom. The number of hydrogen-bond acceptors (Lipinski definition) is 6. The number of anilines is 1. The molecule has 1 saturated heterocycles. The Kier molecular flexibility index (Phi) is 4.95. The monoisotopic (exact) mass is 438 g/mol. The van der Waals surface area contributed by atoms with E-state index in [-0.39, 0.29) is 10.6 Å². The van der Waals surface area contributed by atoms with Gasteiger partial charge in [0.1, 0.15) is 0 Å². The van der Waals surface area contributed by atoms with E-state index in [2.05, 4.69) is 9.88 Å². The fourth-order valence-electron chi connectivity index (χ4n) is 3.45. The number of thiazole rings is 1. The first-order valence-electron chi connectivity index (χ1n) is 8.77. The van der Waals surface area contributed by atoms with Crippen LogP contribution in [0.15, 0.2) is 39.3 Å². The maximum Gasteiger partial charge on any atom is 0.279 e. The summed E-state index contributed by atoms with van der Waals surface area (Å²) in [6.45, 7) is 4.96. The molecule has 0 bridgehead atoms. The van der Waals surface area contributed by atoms with E-state index in [1.165, 1.54) is 20.0 Å². The van der Waals surface area contributed by atoms with Gasteiger partial charge in [-0.15, -0.1) is 11.3 Å². The van der Waals surface area contributed by atoms with Gasteiger partial charge in [0, 0.05) is 48.0 Å². The highest BCUT2D eigenvalue weighted by molar-refractivity contribution is 7.89. The zero-order chi connectivity index (χ0) is 20.1. The molecule has 0 N–H and O–H groups in total. The van der Waals surface area contributed by atoms with E-state index < -0.39 is 15.6 Å². The molecule has 148 valence electrons. The molecule has 1 aromatic carbocycles. The van der Waals surface area contributed by atoms with Gasteiger partial charge in [-0.3, -0.25) is 9.20 Å². The summed E-state index contributed by atoms with van der Waals surface area (Å²) in [6, 6.07) is 7.48. The van der Waals surface area contributed by atoms with Crippen molar-refractivity contribution in [2.24, 2.45) is 0 Å². The van der Waals surface area contributed by atoms with Crippen LogP contribution in [-0.2, 0) is 10.0 Å². The standard InChI is InChI=1S/C18H19ClN4O3S2/c1-12-11-27-18-20-13(2)16(17(24)23(12)18)28(25,26)22-8-6-21(7-9-22)15-5-3-4-14(19)10-15/h3-5,10-11H,6-9H2,1-2H3. The summed E-state index contributed by atoms with van der Waals surface area (Å²) < 4.78 is 29.2. The summed E-state index contributed by atoms with van der Waals surface area (Å²) in [4.78, 5) is 19.6. The highest BCUT2D eigenvalue weighted by atomic mass is 35.5. The van der Waals surface area contributed by atoms with Crippen LogP contribution in [0.25, 0.3) is 4.96 Å². The summed E-state index contributed by atoms with van der Waals surface area (Å²) in [5.74, 6) is 0. The minimum Gasteiger partial charge on any atom is -0.369 e.